The minimum absolute atomic E-state index is 0. The van der Waals surface area contributed by atoms with Gasteiger partial charge in [0.05, 0.1) is 11.0 Å². The van der Waals surface area contributed by atoms with E-state index in [1.165, 1.54) is 24.2 Å². The van der Waals surface area contributed by atoms with Crippen LogP contribution in [0.5, 0.6) is 0 Å². The lowest BCUT2D eigenvalue weighted by atomic mass is 10.2. The number of fused-ring (bicyclic) bond motifs is 1. The fraction of sp³-hybridized carbons (Fsp3) is 0.533. The average Bonchev–Trinajstić information content (AvgIpc) is 2.73. The number of imidazole rings is 1. The molecule has 0 spiro atoms. The molecule has 20 heavy (non-hydrogen) atoms. The fourth-order valence-corrected chi connectivity index (χ4v) is 2.45. The first kappa shape index (κ1) is 19.2. The summed E-state index contributed by atoms with van der Waals surface area (Å²) in [5, 5.41) is 0. The second-order valence-corrected chi connectivity index (χ2v) is 5.08. The number of halogens is 2. The molecular weight excluding hydrogens is 293 g/mol. The van der Waals surface area contributed by atoms with E-state index in [1.54, 1.807) is 0 Å². The number of aryl methyl sites for hydroxylation is 1. The molecule has 2 N–H and O–H groups in total. The monoisotopic (exact) mass is 317 g/mol. The molecule has 0 atom stereocenters. The Bertz CT molecular complexity index is 509. The van der Waals surface area contributed by atoms with Crippen LogP contribution in [0, 0.1) is 0 Å². The molecule has 5 heteroatoms. The first-order valence-corrected chi connectivity index (χ1v) is 6.90. The van der Waals surface area contributed by atoms with E-state index in [2.05, 4.69) is 42.7 Å². The van der Waals surface area contributed by atoms with Crippen LogP contribution < -0.4 is 5.73 Å². The third kappa shape index (κ3) is 4.37. The molecule has 0 radical (unpaired) electrons. The number of nitrogens with two attached hydrogens (primary N) is 1. The van der Waals surface area contributed by atoms with Gasteiger partial charge in [-0.3, -0.25) is 0 Å². The summed E-state index contributed by atoms with van der Waals surface area (Å²) in [5.74, 6) is 1.21. The van der Waals surface area contributed by atoms with E-state index < -0.39 is 0 Å². The number of hydrogen-bond acceptors (Lipinski definition) is 2. The molecule has 0 amide bonds. The van der Waals surface area contributed by atoms with Crippen LogP contribution in [-0.4, -0.2) is 16.1 Å². The molecule has 0 unspecified atom stereocenters. The molecule has 0 aliphatic heterocycles. The zero-order valence-corrected chi connectivity index (χ0v) is 13.8. The number of hydrogen-bond donors (Lipinski definition) is 1. The summed E-state index contributed by atoms with van der Waals surface area (Å²) in [6.45, 7) is 5.23. The van der Waals surface area contributed by atoms with Crippen molar-refractivity contribution in [1.82, 2.24) is 9.55 Å². The second-order valence-electron chi connectivity index (χ2n) is 5.08. The second kappa shape index (κ2) is 9.22. The quantitative estimate of drug-likeness (QED) is 0.814. The maximum absolute atomic E-state index is 5.53. The van der Waals surface area contributed by atoms with Gasteiger partial charge < -0.3 is 10.3 Å². The fourth-order valence-electron chi connectivity index (χ4n) is 2.45. The van der Waals surface area contributed by atoms with Gasteiger partial charge in [-0.05, 0) is 45.4 Å². The van der Waals surface area contributed by atoms with Crippen molar-refractivity contribution >= 4 is 35.8 Å². The van der Waals surface area contributed by atoms with Crippen molar-refractivity contribution < 1.29 is 0 Å². The first-order valence-electron chi connectivity index (χ1n) is 6.90. The number of para-hydroxylation sites is 2. The largest absolute Gasteiger partial charge is 0.330 e. The van der Waals surface area contributed by atoms with Gasteiger partial charge in [0.1, 0.15) is 5.82 Å². The molecule has 0 saturated heterocycles. The van der Waals surface area contributed by atoms with Gasteiger partial charge in [-0.25, -0.2) is 4.98 Å². The SMILES string of the molecule is CC(C)n1c(CCCCCN)nc2ccccc21.Cl.Cl. The molecular formula is C15H25Cl2N3. The molecule has 114 valence electrons. The van der Waals surface area contributed by atoms with E-state index in [-0.39, 0.29) is 24.8 Å². The molecule has 0 aliphatic carbocycles. The summed E-state index contributed by atoms with van der Waals surface area (Å²) in [5.41, 5.74) is 7.89. The Morgan fingerprint density at radius 1 is 1.10 bits per heavy atom. The van der Waals surface area contributed by atoms with Crippen LogP contribution in [0.3, 0.4) is 0 Å². The molecule has 2 rings (SSSR count). The van der Waals surface area contributed by atoms with Gasteiger partial charge in [0.15, 0.2) is 0 Å². The highest BCUT2D eigenvalue weighted by molar-refractivity contribution is 5.85. The third-order valence-corrected chi connectivity index (χ3v) is 3.29. The lowest BCUT2D eigenvalue weighted by Crippen LogP contribution is -2.06. The van der Waals surface area contributed by atoms with Gasteiger partial charge in [0, 0.05) is 12.5 Å². The first-order chi connectivity index (χ1) is 8.74. The minimum Gasteiger partial charge on any atom is -0.330 e. The maximum atomic E-state index is 5.53. The Hall–Kier alpha value is -0.770. The Balaban J connectivity index is 0.00000180. The van der Waals surface area contributed by atoms with Gasteiger partial charge in [0.2, 0.25) is 0 Å². The molecule has 0 fully saturated rings. The van der Waals surface area contributed by atoms with E-state index in [0.717, 1.165) is 24.9 Å². The van der Waals surface area contributed by atoms with Crippen LogP contribution in [-0.2, 0) is 6.42 Å². The molecule has 1 aromatic carbocycles. The average molecular weight is 318 g/mol. The summed E-state index contributed by atoms with van der Waals surface area (Å²) >= 11 is 0. The Morgan fingerprint density at radius 2 is 1.80 bits per heavy atom. The highest BCUT2D eigenvalue weighted by Gasteiger charge is 2.12. The van der Waals surface area contributed by atoms with Crippen molar-refractivity contribution in [3.05, 3.63) is 30.1 Å². The van der Waals surface area contributed by atoms with E-state index in [1.807, 2.05) is 0 Å². The van der Waals surface area contributed by atoms with Crippen LogP contribution in [0.1, 0.15) is 45.0 Å². The number of rotatable bonds is 6. The van der Waals surface area contributed by atoms with Gasteiger partial charge in [-0.15, -0.1) is 24.8 Å². The third-order valence-electron chi connectivity index (χ3n) is 3.29. The van der Waals surface area contributed by atoms with E-state index >= 15 is 0 Å². The van der Waals surface area contributed by atoms with Crippen LogP contribution >= 0.6 is 24.8 Å². The van der Waals surface area contributed by atoms with E-state index in [0.29, 0.717) is 6.04 Å². The maximum Gasteiger partial charge on any atom is 0.110 e. The van der Waals surface area contributed by atoms with Gasteiger partial charge >= 0.3 is 0 Å². The Labute approximate surface area is 133 Å². The number of aromatic nitrogens is 2. The topological polar surface area (TPSA) is 43.8 Å². The molecule has 1 heterocycles. The Morgan fingerprint density at radius 3 is 2.45 bits per heavy atom. The minimum atomic E-state index is 0. The van der Waals surface area contributed by atoms with Gasteiger partial charge in [-0.1, -0.05) is 18.6 Å². The molecule has 2 aromatic rings. The summed E-state index contributed by atoms with van der Waals surface area (Å²) in [4.78, 5) is 4.76. The lowest BCUT2D eigenvalue weighted by Gasteiger charge is -2.12. The molecule has 0 aliphatic rings. The van der Waals surface area contributed by atoms with Crippen LogP contribution in [0.4, 0.5) is 0 Å². The predicted octanol–water partition coefficient (Wildman–Crippen LogP) is 4.13. The molecule has 3 nitrogen and oxygen atoms in total. The van der Waals surface area contributed by atoms with Crippen molar-refractivity contribution in [3.8, 4) is 0 Å². The lowest BCUT2D eigenvalue weighted by molar-refractivity contribution is 0.566. The van der Waals surface area contributed by atoms with Crippen LogP contribution in [0.15, 0.2) is 24.3 Å². The molecule has 0 saturated carbocycles. The Kier molecular flexibility index (Phi) is 8.86. The molecule has 0 bridgehead atoms. The smallest absolute Gasteiger partial charge is 0.110 e. The highest BCUT2D eigenvalue weighted by atomic mass is 35.5. The zero-order valence-electron chi connectivity index (χ0n) is 12.2. The van der Waals surface area contributed by atoms with Gasteiger partial charge in [0.25, 0.3) is 0 Å². The van der Waals surface area contributed by atoms with Crippen molar-refractivity contribution in [3.63, 3.8) is 0 Å². The number of benzene rings is 1. The van der Waals surface area contributed by atoms with Crippen molar-refractivity contribution in [2.24, 2.45) is 5.73 Å². The van der Waals surface area contributed by atoms with Crippen LogP contribution in [0.25, 0.3) is 11.0 Å². The standard InChI is InChI=1S/C15H23N3.2ClH/c1-12(2)18-14-9-6-5-8-13(14)17-15(18)10-4-3-7-11-16;;/h5-6,8-9,12H,3-4,7,10-11,16H2,1-2H3;2*1H. The summed E-state index contributed by atoms with van der Waals surface area (Å²) < 4.78 is 2.36. The summed E-state index contributed by atoms with van der Waals surface area (Å²) in [6.07, 6.45) is 4.53. The zero-order chi connectivity index (χ0) is 13.0. The van der Waals surface area contributed by atoms with E-state index in [4.69, 9.17) is 10.7 Å². The number of unbranched alkanes of at least 4 members (excludes halogenated alkanes) is 2. The van der Waals surface area contributed by atoms with Gasteiger partial charge in [-0.2, -0.15) is 0 Å². The van der Waals surface area contributed by atoms with Crippen molar-refractivity contribution in [2.45, 2.75) is 45.6 Å². The normalized spacial score (nSPS) is 10.4. The number of nitrogens with zero attached hydrogens (tertiary/aromatic N) is 2. The highest BCUT2D eigenvalue weighted by Crippen LogP contribution is 2.22. The molecule has 1 aromatic heterocycles. The predicted molar refractivity (Wildman–Crippen MR) is 91.2 cm³/mol. The van der Waals surface area contributed by atoms with Crippen molar-refractivity contribution in [1.29, 1.82) is 0 Å². The summed E-state index contributed by atoms with van der Waals surface area (Å²) in [7, 11) is 0. The van der Waals surface area contributed by atoms with Crippen LogP contribution in [0.2, 0.25) is 0 Å². The van der Waals surface area contributed by atoms with E-state index in [9.17, 15) is 0 Å². The van der Waals surface area contributed by atoms with Crippen molar-refractivity contribution in [2.75, 3.05) is 6.54 Å². The summed E-state index contributed by atoms with van der Waals surface area (Å²) in [6, 6.07) is 8.85.